The molecule has 0 fully saturated rings. The van der Waals surface area contributed by atoms with Crippen molar-refractivity contribution in [3.8, 4) is 0 Å². The van der Waals surface area contributed by atoms with Gasteiger partial charge in [0.2, 0.25) is 11.8 Å². The molecule has 0 saturated carbocycles. The van der Waals surface area contributed by atoms with Crippen LogP contribution >= 0.6 is 0 Å². The Kier molecular flexibility index (Phi) is 15.4. The van der Waals surface area contributed by atoms with Crippen LogP contribution in [-0.4, -0.2) is 54.1 Å². The largest absolute Gasteiger partial charge is 0.374 e. The summed E-state index contributed by atoms with van der Waals surface area (Å²) in [6, 6.07) is 18.1. The molecule has 1 atom stereocenters. The second-order valence-corrected chi connectivity index (χ2v) is 8.93. The van der Waals surface area contributed by atoms with Gasteiger partial charge in [-0.05, 0) is 25.0 Å². The molecule has 40 heavy (non-hydrogen) atoms. The number of aromatic nitrogens is 2. The van der Waals surface area contributed by atoms with Gasteiger partial charge in [0, 0.05) is 14.2 Å². The molecule has 3 amide bonds. The summed E-state index contributed by atoms with van der Waals surface area (Å²) in [6.45, 7) is 3.76. The zero-order chi connectivity index (χ0) is 30.0. The number of hydrogen-bond acceptors (Lipinski definition) is 6. The SMILES string of the molecule is C.CC(C)(N)C(=O)N[C@H](COCc1ccccc1)C(=O)Nc1cn(CC(=O)NCc2ccccc2)cn1.CF.[3HH].[3H]F. The van der Waals surface area contributed by atoms with E-state index in [0.29, 0.717) is 13.7 Å². The lowest BCUT2D eigenvalue weighted by Crippen LogP contribution is -2.56. The van der Waals surface area contributed by atoms with Crippen LogP contribution in [-0.2, 0) is 38.8 Å². The number of nitrogens with two attached hydrogens (primary N) is 1. The minimum Gasteiger partial charge on any atom is -0.374 e. The highest BCUT2D eigenvalue weighted by molar-refractivity contribution is 5.98. The van der Waals surface area contributed by atoms with Crippen LogP contribution in [0.2, 0.25) is 0 Å². The first-order valence-corrected chi connectivity index (χ1v) is 11.9. The average Bonchev–Trinajstić information content (AvgIpc) is 3.40. The standard InChI is InChI=1S/C26H32N6O4.CH3F.CH4.FH.H2/c1-26(2,27)25(35)30-21(17-36-16-20-11-7-4-8-12-20)24(34)31-22-14-32(18-29-22)15-23(33)28-13-19-9-5-3-6-10-19;1-2;;;/h3-12,14,18,21H,13,15-17,27H2,1-2H3,(H,28,33)(H,30,35)(H,31,34);1H3;1H4;2*1H/t21-;;;;/m1..../s1/i;;;;1+2/hT. The van der Waals surface area contributed by atoms with E-state index in [-0.39, 0.29) is 40.3 Å². The monoisotopic (exact) mass is 568 g/mol. The Morgan fingerprint density at radius 2 is 1.68 bits per heavy atom. The molecule has 0 bridgehead atoms. The number of anilines is 1. The molecule has 10 nitrogen and oxygen atoms in total. The van der Waals surface area contributed by atoms with Crippen molar-refractivity contribution in [2.75, 3.05) is 19.1 Å². The number of carbonyl (C=O) groups excluding carboxylic acids is 3. The van der Waals surface area contributed by atoms with Crippen molar-refractivity contribution < 1.29 is 29.7 Å². The lowest BCUT2D eigenvalue weighted by atomic mass is 10.1. The number of nitrogens with one attached hydrogen (secondary N) is 3. The second-order valence-electron chi connectivity index (χ2n) is 8.93. The van der Waals surface area contributed by atoms with Crippen molar-refractivity contribution in [2.45, 2.75) is 52.6 Å². The quantitative estimate of drug-likeness (QED) is 0.265. The Hall–Kier alpha value is -4.16. The van der Waals surface area contributed by atoms with Gasteiger partial charge in [0.15, 0.2) is 5.82 Å². The molecule has 0 spiro atoms. The summed E-state index contributed by atoms with van der Waals surface area (Å²) in [5.74, 6) is -0.963. The van der Waals surface area contributed by atoms with E-state index in [1.54, 1.807) is 18.4 Å². The Bertz CT molecular complexity index is 1170. The molecule has 1 aromatic heterocycles. The number of ether oxygens (including phenoxy) is 1. The number of nitrogens with zero attached hydrogens (tertiary/aromatic N) is 2. The first-order chi connectivity index (χ1) is 19.2. The smallest absolute Gasteiger partial charge is 0.269 e. The van der Waals surface area contributed by atoms with E-state index in [2.05, 4.69) is 22.4 Å². The fourth-order valence-corrected chi connectivity index (χ4v) is 3.14. The maximum Gasteiger partial charge on any atom is 0.269 e. The molecular weight excluding hydrogens is 522 g/mol. The van der Waals surface area contributed by atoms with E-state index in [4.69, 9.17) is 15.2 Å². The van der Waals surface area contributed by atoms with E-state index < -0.39 is 23.4 Å². The maximum absolute atomic E-state index is 12.9. The number of benzene rings is 2. The fourth-order valence-electron chi connectivity index (χ4n) is 3.14. The normalized spacial score (nSPS) is 11.1. The van der Waals surface area contributed by atoms with E-state index in [0.717, 1.165) is 11.1 Å². The van der Waals surface area contributed by atoms with Crippen molar-refractivity contribution in [1.82, 2.24) is 20.2 Å². The zero-order valence-electron chi connectivity index (χ0n) is 23.2. The number of alkyl halides is 1. The molecule has 1 heterocycles. The van der Waals surface area contributed by atoms with Crippen LogP contribution in [0.1, 0.15) is 33.8 Å². The van der Waals surface area contributed by atoms with Gasteiger partial charge in [-0.25, -0.2) is 4.98 Å². The molecule has 2 aromatic carbocycles. The average molecular weight is 569 g/mol. The highest BCUT2D eigenvalue weighted by Gasteiger charge is 2.28. The third-order valence-electron chi connectivity index (χ3n) is 5.15. The van der Waals surface area contributed by atoms with Gasteiger partial charge in [-0.15, -0.1) is 0 Å². The summed E-state index contributed by atoms with van der Waals surface area (Å²) < 4.78 is 29.7. The molecule has 0 saturated heterocycles. The molecule has 0 aliphatic heterocycles. The van der Waals surface area contributed by atoms with Gasteiger partial charge in [0.25, 0.3) is 7.36 Å². The number of hydrogen-bond donors (Lipinski definition) is 4. The minimum atomic E-state index is -1.17. The lowest BCUT2D eigenvalue weighted by molar-refractivity contribution is -0.130. The molecular formula is C28H42F2N6O4. The third kappa shape index (κ3) is 12.6. The van der Waals surface area contributed by atoms with Crippen molar-refractivity contribution in [1.29, 1.82) is 1.45 Å². The van der Waals surface area contributed by atoms with Crippen LogP contribution in [0.5, 0.6) is 0 Å². The predicted molar refractivity (Wildman–Crippen MR) is 154 cm³/mol. The van der Waals surface area contributed by atoms with Crippen LogP contribution in [0.3, 0.4) is 0 Å². The number of amides is 3. The number of rotatable bonds is 12. The molecule has 3 rings (SSSR count). The first-order valence-electron chi connectivity index (χ1n) is 12.3. The van der Waals surface area contributed by atoms with Gasteiger partial charge in [-0.1, -0.05) is 68.1 Å². The molecule has 0 unspecified atom stereocenters. The predicted octanol–water partition coefficient (Wildman–Crippen LogP) is 3.20. The number of carbonyl (C=O) groups is 3. The summed E-state index contributed by atoms with van der Waals surface area (Å²) in [5, 5.41) is 8.13. The van der Waals surface area contributed by atoms with Crippen molar-refractivity contribution in [3.63, 3.8) is 0 Å². The Morgan fingerprint density at radius 1 is 1.10 bits per heavy atom. The number of imidazole rings is 1. The van der Waals surface area contributed by atoms with Gasteiger partial charge in [-0.3, -0.25) is 23.5 Å². The summed E-state index contributed by atoms with van der Waals surface area (Å²) in [7, 11) is 0.500. The van der Waals surface area contributed by atoms with Crippen LogP contribution in [0.25, 0.3) is 0 Å². The van der Waals surface area contributed by atoms with E-state index in [9.17, 15) is 18.8 Å². The second kappa shape index (κ2) is 18.2. The van der Waals surface area contributed by atoms with Crippen LogP contribution in [0.15, 0.2) is 73.2 Å². The topological polar surface area (TPSA) is 140 Å². The Morgan fingerprint density at radius 3 is 2.25 bits per heavy atom. The number of halogens is 2. The van der Waals surface area contributed by atoms with E-state index in [1.807, 2.05) is 60.7 Å². The third-order valence-corrected chi connectivity index (χ3v) is 5.15. The fraction of sp³-hybridized carbons (Fsp3) is 0.357. The molecule has 222 valence electrons. The van der Waals surface area contributed by atoms with E-state index in [1.165, 1.54) is 12.5 Å². The highest BCUT2D eigenvalue weighted by Crippen LogP contribution is 2.07. The molecule has 0 aliphatic rings. The summed E-state index contributed by atoms with van der Waals surface area (Å²) in [4.78, 5) is 41.7. The molecule has 0 aliphatic carbocycles. The Labute approximate surface area is 236 Å². The van der Waals surface area contributed by atoms with Gasteiger partial charge < -0.3 is 31.0 Å². The van der Waals surface area contributed by atoms with Crippen molar-refractivity contribution in [2.24, 2.45) is 5.73 Å². The zero-order valence-corrected chi connectivity index (χ0v) is 22.2. The van der Waals surface area contributed by atoms with E-state index >= 15 is 0 Å². The van der Waals surface area contributed by atoms with Gasteiger partial charge in [0.1, 0.15) is 12.6 Å². The molecule has 0 radical (unpaired) electrons. The maximum atomic E-state index is 12.9. The molecule has 3 aromatic rings. The van der Waals surface area contributed by atoms with Crippen LogP contribution in [0.4, 0.5) is 14.9 Å². The van der Waals surface area contributed by atoms with Crippen molar-refractivity contribution in [3.05, 3.63) is 84.3 Å². The Balaban J connectivity index is 0. The highest BCUT2D eigenvalue weighted by atomic mass is 19.1. The lowest BCUT2D eigenvalue weighted by Gasteiger charge is -2.23. The summed E-state index contributed by atoms with van der Waals surface area (Å²) in [5.41, 5.74) is 6.63. The molecule has 5 N–H and O–H groups in total. The van der Waals surface area contributed by atoms with Crippen molar-refractivity contribution >= 4 is 23.5 Å². The van der Waals surface area contributed by atoms with Gasteiger partial charge in [-0.2, -0.15) is 0 Å². The van der Waals surface area contributed by atoms with Crippen LogP contribution in [0, 0.1) is 0 Å². The molecule has 12 heteroatoms. The first kappa shape index (κ1) is 33.9. The van der Waals surface area contributed by atoms with Crippen LogP contribution < -0.4 is 21.7 Å². The van der Waals surface area contributed by atoms with Gasteiger partial charge in [0.05, 0.1) is 32.3 Å². The summed E-state index contributed by atoms with van der Waals surface area (Å²) in [6.07, 6.45) is 2.98. The van der Waals surface area contributed by atoms with Gasteiger partial charge >= 0.3 is 0 Å². The summed E-state index contributed by atoms with van der Waals surface area (Å²) >= 11 is 0. The minimum absolute atomic E-state index is 0.